The number of nitrogens with zero attached hydrogens (tertiary/aromatic N) is 1. The fraction of sp³-hybridized carbons (Fsp3) is 0.333. The molecule has 0 heterocycles. The lowest BCUT2D eigenvalue weighted by Gasteiger charge is -2.12. The Morgan fingerprint density at radius 1 is 1.53 bits per heavy atom. The molecule has 1 aromatic rings. The van der Waals surface area contributed by atoms with Crippen LogP contribution in [0, 0.1) is 11.3 Å². The van der Waals surface area contributed by atoms with Gasteiger partial charge in [-0.25, -0.2) is 8.78 Å². The number of rotatable bonds is 4. The normalized spacial score (nSPS) is 10.1. The van der Waals surface area contributed by atoms with Crippen LogP contribution in [-0.4, -0.2) is 12.4 Å². The molecule has 1 rings (SSSR count). The fourth-order valence-corrected chi connectivity index (χ4v) is 1.53. The number of halogens is 2. The highest BCUT2D eigenvalue weighted by Gasteiger charge is 2.22. The number of carbonyl (C=O) groups is 1. The predicted octanol–water partition coefficient (Wildman–Crippen LogP) is 3.10. The van der Waals surface area contributed by atoms with Gasteiger partial charge in [0.25, 0.3) is 6.43 Å². The molecule has 0 aliphatic heterocycles. The van der Waals surface area contributed by atoms with Crippen LogP contribution in [0.2, 0.25) is 0 Å². The van der Waals surface area contributed by atoms with Gasteiger partial charge >= 0.3 is 0 Å². The van der Waals surface area contributed by atoms with Crippen molar-refractivity contribution >= 4 is 5.78 Å². The van der Waals surface area contributed by atoms with Crippen LogP contribution in [0.25, 0.3) is 0 Å². The molecule has 0 aromatic heterocycles. The highest BCUT2D eigenvalue weighted by atomic mass is 19.3. The first-order valence-corrected chi connectivity index (χ1v) is 5.01. The first-order chi connectivity index (χ1) is 8.02. The summed E-state index contributed by atoms with van der Waals surface area (Å²) >= 11 is 0. The summed E-state index contributed by atoms with van der Waals surface area (Å²) in [6.45, 7) is 3.21. The maximum Gasteiger partial charge on any atom is 0.265 e. The molecule has 0 saturated carbocycles. The Kier molecular flexibility index (Phi) is 4.16. The van der Waals surface area contributed by atoms with Crippen LogP contribution in [0.5, 0.6) is 5.75 Å². The largest absolute Gasteiger partial charge is 0.493 e. The smallest absolute Gasteiger partial charge is 0.265 e. The lowest BCUT2D eigenvalue weighted by atomic mass is 9.98. The van der Waals surface area contributed by atoms with E-state index < -0.39 is 17.8 Å². The highest BCUT2D eigenvalue weighted by Crippen LogP contribution is 2.31. The molecule has 1 aromatic carbocycles. The summed E-state index contributed by atoms with van der Waals surface area (Å²) in [5, 5.41) is 8.90. The molecule has 0 bridgehead atoms. The molecule has 90 valence electrons. The zero-order valence-corrected chi connectivity index (χ0v) is 9.46. The van der Waals surface area contributed by atoms with Gasteiger partial charge in [0.15, 0.2) is 5.78 Å². The van der Waals surface area contributed by atoms with Crippen molar-refractivity contribution in [1.82, 2.24) is 0 Å². The number of benzene rings is 1. The van der Waals surface area contributed by atoms with Crippen LogP contribution in [0.3, 0.4) is 0 Å². The Bertz CT molecular complexity index is 478. The van der Waals surface area contributed by atoms with Gasteiger partial charge < -0.3 is 4.74 Å². The molecule has 3 nitrogen and oxygen atoms in total. The number of Topliss-reactive ketones (excluding diaryl/α,β-unsaturated/α-hetero) is 1. The van der Waals surface area contributed by atoms with Gasteiger partial charge in [-0.2, -0.15) is 5.26 Å². The average Bonchev–Trinajstić information content (AvgIpc) is 2.27. The fourth-order valence-electron chi connectivity index (χ4n) is 1.53. The summed E-state index contributed by atoms with van der Waals surface area (Å²) in [5.41, 5.74) is -0.827. The number of ether oxygens (including phenoxy) is 1. The van der Waals surface area contributed by atoms with E-state index in [0.29, 0.717) is 6.61 Å². The van der Waals surface area contributed by atoms with Gasteiger partial charge in [0.2, 0.25) is 0 Å². The molecule has 5 heteroatoms. The van der Waals surface area contributed by atoms with Crippen LogP contribution in [0.4, 0.5) is 8.78 Å². The summed E-state index contributed by atoms with van der Waals surface area (Å²) in [6.07, 6.45) is -2.79. The molecule has 0 radical (unpaired) electrons. The zero-order chi connectivity index (χ0) is 13.0. The summed E-state index contributed by atoms with van der Waals surface area (Å²) in [6, 6.07) is 4.05. The van der Waals surface area contributed by atoms with Crippen LogP contribution < -0.4 is 4.74 Å². The molecule has 0 amide bonds. The number of carbonyl (C=O) groups excluding carboxylic acids is 1. The number of hydrogen-bond donors (Lipinski definition) is 0. The van der Waals surface area contributed by atoms with Gasteiger partial charge in [-0.05, 0) is 26.0 Å². The third-order valence-electron chi connectivity index (χ3n) is 2.20. The van der Waals surface area contributed by atoms with E-state index in [1.54, 1.807) is 13.0 Å². The van der Waals surface area contributed by atoms with Gasteiger partial charge in [0.05, 0.1) is 17.7 Å². The Balaban J connectivity index is 3.51. The van der Waals surface area contributed by atoms with E-state index in [0.717, 1.165) is 6.07 Å². The maximum absolute atomic E-state index is 12.7. The second kappa shape index (κ2) is 5.39. The Morgan fingerprint density at radius 3 is 2.59 bits per heavy atom. The van der Waals surface area contributed by atoms with Gasteiger partial charge in [-0.15, -0.1) is 0 Å². The van der Waals surface area contributed by atoms with E-state index in [1.807, 2.05) is 0 Å². The maximum atomic E-state index is 12.7. The van der Waals surface area contributed by atoms with Gasteiger partial charge in [0, 0.05) is 5.56 Å². The third kappa shape index (κ3) is 2.59. The first kappa shape index (κ1) is 13.1. The number of ketones is 1. The van der Waals surface area contributed by atoms with Crippen molar-refractivity contribution in [2.24, 2.45) is 0 Å². The van der Waals surface area contributed by atoms with Crippen LogP contribution in [0.15, 0.2) is 12.1 Å². The number of nitriles is 1. The van der Waals surface area contributed by atoms with E-state index in [2.05, 4.69) is 0 Å². The first-order valence-electron chi connectivity index (χ1n) is 5.01. The second-order valence-corrected chi connectivity index (χ2v) is 3.30. The van der Waals surface area contributed by atoms with Gasteiger partial charge in [0.1, 0.15) is 11.8 Å². The standard InChI is InChI=1S/C12H11F2NO2/c1-3-17-10-5-4-8(12(13)14)9(6-15)11(10)7(2)16/h4-5,12H,3H2,1-2H3. The van der Waals surface area contributed by atoms with Crippen LogP contribution in [-0.2, 0) is 0 Å². The minimum absolute atomic E-state index is 0.0767. The van der Waals surface area contributed by atoms with Crippen LogP contribution >= 0.6 is 0 Å². The molecule has 0 aliphatic rings. The molecule has 0 N–H and O–H groups in total. The van der Waals surface area contributed by atoms with Crippen molar-refractivity contribution in [1.29, 1.82) is 5.26 Å². The molecular weight excluding hydrogens is 228 g/mol. The molecule has 0 atom stereocenters. The SMILES string of the molecule is CCOc1ccc(C(F)F)c(C#N)c1C(C)=O. The summed E-state index contributed by atoms with van der Waals surface area (Å²) in [4.78, 5) is 11.4. The van der Waals surface area contributed by atoms with Crippen molar-refractivity contribution in [3.63, 3.8) is 0 Å². The van der Waals surface area contributed by atoms with Crippen molar-refractivity contribution in [2.75, 3.05) is 6.61 Å². The predicted molar refractivity (Wildman–Crippen MR) is 57.3 cm³/mol. The Hall–Kier alpha value is -1.96. The van der Waals surface area contributed by atoms with Crippen molar-refractivity contribution in [3.8, 4) is 11.8 Å². The van der Waals surface area contributed by atoms with Crippen molar-refractivity contribution in [2.45, 2.75) is 20.3 Å². The van der Waals surface area contributed by atoms with Crippen molar-refractivity contribution in [3.05, 3.63) is 28.8 Å². The Labute approximate surface area is 97.6 Å². The zero-order valence-electron chi connectivity index (χ0n) is 9.46. The lowest BCUT2D eigenvalue weighted by molar-refractivity contribution is 0.101. The lowest BCUT2D eigenvalue weighted by Crippen LogP contribution is -2.06. The van der Waals surface area contributed by atoms with E-state index in [1.165, 1.54) is 13.0 Å². The summed E-state index contributed by atoms with van der Waals surface area (Å²) in [5.74, 6) is -0.298. The van der Waals surface area contributed by atoms with E-state index >= 15 is 0 Å². The monoisotopic (exact) mass is 239 g/mol. The van der Waals surface area contributed by atoms with Gasteiger partial charge in [-0.1, -0.05) is 0 Å². The second-order valence-electron chi connectivity index (χ2n) is 3.30. The summed E-state index contributed by atoms with van der Waals surface area (Å²) < 4.78 is 30.5. The van der Waals surface area contributed by atoms with E-state index in [4.69, 9.17) is 10.00 Å². The molecule has 0 fully saturated rings. The molecule has 0 aliphatic carbocycles. The topological polar surface area (TPSA) is 50.1 Å². The molecule has 0 spiro atoms. The van der Waals surface area contributed by atoms with Crippen LogP contribution in [0.1, 0.15) is 41.8 Å². The summed E-state index contributed by atoms with van der Waals surface area (Å²) in [7, 11) is 0. The van der Waals surface area contributed by atoms with Gasteiger partial charge in [-0.3, -0.25) is 4.79 Å². The van der Waals surface area contributed by atoms with Crippen molar-refractivity contribution < 1.29 is 18.3 Å². The molecule has 0 saturated heterocycles. The third-order valence-corrected chi connectivity index (χ3v) is 2.20. The molecule has 17 heavy (non-hydrogen) atoms. The van der Waals surface area contributed by atoms with E-state index in [-0.39, 0.29) is 16.9 Å². The highest BCUT2D eigenvalue weighted by molar-refractivity contribution is 5.99. The number of alkyl halides is 2. The minimum atomic E-state index is -2.79. The molecular formula is C12H11F2NO2. The quantitative estimate of drug-likeness (QED) is 0.758. The molecule has 0 unspecified atom stereocenters. The average molecular weight is 239 g/mol. The minimum Gasteiger partial charge on any atom is -0.493 e. The number of hydrogen-bond acceptors (Lipinski definition) is 3. The van der Waals surface area contributed by atoms with E-state index in [9.17, 15) is 13.6 Å². The Morgan fingerprint density at radius 2 is 2.18 bits per heavy atom.